The summed E-state index contributed by atoms with van der Waals surface area (Å²) < 4.78 is 0. The van der Waals surface area contributed by atoms with Crippen LogP contribution in [0.3, 0.4) is 0 Å². The van der Waals surface area contributed by atoms with Gasteiger partial charge in [0.25, 0.3) is 0 Å². The molecule has 1 aromatic heterocycles. The van der Waals surface area contributed by atoms with Crippen molar-refractivity contribution in [1.82, 2.24) is 9.97 Å². The third-order valence-electron chi connectivity index (χ3n) is 3.22. The van der Waals surface area contributed by atoms with Gasteiger partial charge in [0.2, 0.25) is 11.9 Å². The lowest BCUT2D eigenvalue weighted by atomic mass is 9.89. The number of aromatic nitrogens is 2. The summed E-state index contributed by atoms with van der Waals surface area (Å²) in [7, 11) is 0. The molecule has 0 aliphatic carbocycles. The number of rotatable bonds is 3. The normalized spacial score (nSPS) is 23.2. The highest BCUT2D eigenvalue weighted by Gasteiger charge is 2.39. The van der Waals surface area contributed by atoms with Gasteiger partial charge in [0.05, 0.1) is 11.6 Å². The summed E-state index contributed by atoms with van der Waals surface area (Å²) in [5.41, 5.74) is 7.21. The molecule has 1 amide bonds. The van der Waals surface area contributed by atoms with E-state index in [4.69, 9.17) is 23.2 Å². The molecule has 8 heteroatoms. The van der Waals surface area contributed by atoms with Crippen LogP contribution in [0.25, 0.3) is 0 Å². The van der Waals surface area contributed by atoms with E-state index in [0.717, 1.165) is 0 Å². The fourth-order valence-corrected chi connectivity index (χ4v) is 2.20. The minimum Gasteiger partial charge on any atom is -0.369 e. The molecule has 2 rings (SSSR count). The first kappa shape index (κ1) is 12.8. The second kappa shape index (κ2) is 4.58. The molecule has 1 saturated heterocycles. The molecule has 1 fully saturated rings. The number of primary amides is 1. The molecule has 1 aliphatic rings. The maximum Gasteiger partial charge on any atom is 0.239 e. The third kappa shape index (κ3) is 2.19. The van der Waals surface area contributed by atoms with E-state index in [1.165, 1.54) is 6.20 Å². The molecule has 5 N–H and O–H groups in total. The van der Waals surface area contributed by atoms with Crippen LogP contribution in [0.4, 0.5) is 11.8 Å². The van der Waals surface area contributed by atoms with Gasteiger partial charge in [0.15, 0.2) is 5.82 Å². The minimum atomic E-state index is -0.551. The molecule has 1 aromatic rings. The first-order valence-corrected chi connectivity index (χ1v) is 5.88. The van der Waals surface area contributed by atoms with Gasteiger partial charge in [0, 0.05) is 13.1 Å². The summed E-state index contributed by atoms with van der Waals surface area (Å²) in [6, 6.07) is 0. The Balaban J connectivity index is 2.26. The van der Waals surface area contributed by atoms with Crippen LogP contribution < -0.4 is 21.9 Å². The number of amides is 1. The number of carbonyl (C=O) groups is 1. The number of nitrogens with one attached hydrogen (secondary N) is 1. The summed E-state index contributed by atoms with van der Waals surface area (Å²) in [5, 5.41) is 0.419. The molecule has 0 spiro atoms. The van der Waals surface area contributed by atoms with Gasteiger partial charge in [-0.25, -0.2) is 10.8 Å². The molecule has 0 bridgehead atoms. The summed E-state index contributed by atoms with van der Waals surface area (Å²) >= 11 is 6.05. The van der Waals surface area contributed by atoms with Crippen LogP contribution in [0.1, 0.15) is 13.3 Å². The average molecular weight is 271 g/mol. The summed E-state index contributed by atoms with van der Waals surface area (Å²) in [6.45, 7) is 3.00. The number of nitrogen functional groups attached to an aromatic ring is 1. The van der Waals surface area contributed by atoms with Crippen molar-refractivity contribution in [3.63, 3.8) is 0 Å². The second-order valence-corrected chi connectivity index (χ2v) is 5.01. The molecular formula is C10H15ClN6O. The zero-order valence-corrected chi connectivity index (χ0v) is 10.7. The molecule has 0 radical (unpaired) electrons. The first-order valence-electron chi connectivity index (χ1n) is 5.50. The van der Waals surface area contributed by atoms with Crippen molar-refractivity contribution in [2.45, 2.75) is 13.3 Å². The number of hydrogen-bond donors (Lipinski definition) is 3. The third-order valence-corrected chi connectivity index (χ3v) is 3.49. The number of nitrogens with two attached hydrogens (primary N) is 2. The largest absolute Gasteiger partial charge is 0.369 e. The Labute approximate surface area is 109 Å². The lowest BCUT2D eigenvalue weighted by Crippen LogP contribution is -2.37. The molecule has 18 heavy (non-hydrogen) atoms. The Morgan fingerprint density at radius 1 is 1.67 bits per heavy atom. The van der Waals surface area contributed by atoms with Gasteiger partial charge in [-0.05, 0) is 13.3 Å². The number of carbonyl (C=O) groups excluding carboxylic acids is 1. The fraction of sp³-hybridized carbons (Fsp3) is 0.500. The SMILES string of the molecule is CC1(C(N)=O)CCN(c2nc(NN)ncc2Cl)C1. The van der Waals surface area contributed by atoms with Crippen molar-refractivity contribution in [1.29, 1.82) is 0 Å². The molecule has 1 unspecified atom stereocenters. The van der Waals surface area contributed by atoms with Gasteiger partial charge in [0.1, 0.15) is 5.02 Å². The van der Waals surface area contributed by atoms with Gasteiger partial charge < -0.3 is 10.6 Å². The minimum absolute atomic E-state index is 0.280. The predicted octanol–water partition coefficient (Wildman–Crippen LogP) is 0.117. The molecule has 0 saturated carbocycles. The number of nitrogens with zero attached hydrogens (tertiary/aromatic N) is 3. The van der Waals surface area contributed by atoms with Crippen molar-refractivity contribution in [3.8, 4) is 0 Å². The Morgan fingerprint density at radius 2 is 2.39 bits per heavy atom. The summed E-state index contributed by atoms with van der Waals surface area (Å²) in [6.07, 6.45) is 2.15. The van der Waals surface area contributed by atoms with Gasteiger partial charge in [-0.2, -0.15) is 4.98 Å². The molecule has 2 heterocycles. The van der Waals surface area contributed by atoms with Gasteiger partial charge in [-0.15, -0.1) is 0 Å². The lowest BCUT2D eigenvalue weighted by molar-refractivity contribution is -0.125. The quantitative estimate of drug-likeness (QED) is 0.531. The van der Waals surface area contributed by atoms with E-state index >= 15 is 0 Å². The molecule has 0 aromatic carbocycles. The Morgan fingerprint density at radius 3 is 2.94 bits per heavy atom. The molecule has 1 atom stereocenters. The zero-order valence-electron chi connectivity index (χ0n) is 9.98. The van der Waals surface area contributed by atoms with Crippen LogP contribution in [-0.4, -0.2) is 29.0 Å². The average Bonchev–Trinajstić information content (AvgIpc) is 2.74. The Hall–Kier alpha value is -1.60. The van der Waals surface area contributed by atoms with E-state index in [2.05, 4.69) is 15.4 Å². The van der Waals surface area contributed by atoms with E-state index in [0.29, 0.717) is 30.4 Å². The van der Waals surface area contributed by atoms with E-state index in [1.807, 2.05) is 11.8 Å². The standard InChI is InChI=1S/C10H15ClN6O/c1-10(8(12)18)2-3-17(5-10)7-6(11)4-14-9(15-7)16-13/h4H,2-3,5,13H2,1H3,(H2,12,18)(H,14,15,16). The topological polar surface area (TPSA) is 110 Å². The van der Waals surface area contributed by atoms with E-state index < -0.39 is 5.41 Å². The van der Waals surface area contributed by atoms with Crippen LogP contribution >= 0.6 is 11.6 Å². The van der Waals surface area contributed by atoms with Crippen LogP contribution in [0, 0.1) is 5.41 Å². The predicted molar refractivity (Wildman–Crippen MR) is 69.0 cm³/mol. The molecular weight excluding hydrogens is 256 g/mol. The van der Waals surface area contributed by atoms with Crippen LogP contribution in [-0.2, 0) is 4.79 Å². The van der Waals surface area contributed by atoms with Crippen LogP contribution in [0.15, 0.2) is 6.20 Å². The van der Waals surface area contributed by atoms with E-state index in [-0.39, 0.29) is 11.9 Å². The van der Waals surface area contributed by atoms with Gasteiger partial charge in [-0.3, -0.25) is 10.2 Å². The van der Waals surface area contributed by atoms with Crippen molar-refractivity contribution in [2.75, 3.05) is 23.4 Å². The number of halogens is 1. The van der Waals surface area contributed by atoms with Crippen LogP contribution in [0.5, 0.6) is 0 Å². The lowest BCUT2D eigenvalue weighted by Gasteiger charge is -2.22. The monoisotopic (exact) mass is 270 g/mol. The number of hydrogen-bond acceptors (Lipinski definition) is 6. The number of anilines is 2. The molecule has 7 nitrogen and oxygen atoms in total. The highest BCUT2D eigenvalue weighted by molar-refractivity contribution is 6.32. The zero-order chi connectivity index (χ0) is 13.3. The van der Waals surface area contributed by atoms with E-state index in [9.17, 15) is 4.79 Å². The Kier molecular flexibility index (Phi) is 3.27. The smallest absolute Gasteiger partial charge is 0.239 e. The maximum atomic E-state index is 11.4. The summed E-state index contributed by atoms with van der Waals surface area (Å²) in [4.78, 5) is 21.4. The summed E-state index contributed by atoms with van der Waals surface area (Å²) in [5.74, 6) is 5.79. The fourth-order valence-electron chi connectivity index (χ4n) is 1.99. The second-order valence-electron chi connectivity index (χ2n) is 4.61. The molecule has 98 valence electrons. The van der Waals surface area contributed by atoms with Crippen molar-refractivity contribution in [2.24, 2.45) is 17.0 Å². The number of hydrazine groups is 1. The van der Waals surface area contributed by atoms with Crippen LogP contribution in [0.2, 0.25) is 5.02 Å². The van der Waals surface area contributed by atoms with Crippen molar-refractivity contribution in [3.05, 3.63) is 11.2 Å². The maximum absolute atomic E-state index is 11.4. The highest BCUT2D eigenvalue weighted by atomic mass is 35.5. The Bertz CT molecular complexity index is 481. The van der Waals surface area contributed by atoms with Gasteiger partial charge >= 0.3 is 0 Å². The highest BCUT2D eigenvalue weighted by Crippen LogP contribution is 2.35. The van der Waals surface area contributed by atoms with Gasteiger partial charge in [-0.1, -0.05) is 11.6 Å². The van der Waals surface area contributed by atoms with Crippen molar-refractivity contribution < 1.29 is 4.79 Å². The van der Waals surface area contributed by atoms with E-state index in [1.54, 1.807) is 0 Å². The van der Waals surface area contributed by atoms with Crippen molar-refractivity contribution >= 4 is 29.3 Å². The molecule has 1 aliphatic heterocycles. The first-order chi connectivity index (χ1) is 8.46.